The summed E-state index contributed by atoms with van der Waals surface area (Å²) in [6.07, 6.45) is 0.164. The lowest BCUT2D eigenvalue weighted by atomic mass is 10.0. The van der Waals surface area contributed by atoms with Gasteiger partial charge in [0.15, 0.2) is 5.11 Å². The van der Waals surface area contributed by atoms with Crippen molar-refractivity contribution >= 4 is 57.0 Å². The summed E-state index contributed by atoms with van der Waals surface area (Å²) in [6, 6.07) is 17.5. The van der Waals surface area contributed by atoms with Gasteiger partial charge in [0.25, 0.3) is 5.69 Å². The van der Waals surface area contributed by atoms with Crippen LogP contribution in [0.25, 0.3) is 10.8 Å². The number of nitro benzene ring substituents is 1. The molecule has 27 heavy (non-hydrogen) atoms. The van der Waals surface area contributed by atoms with Crippen molar-refractivity contribution in [3.05, 3.63) is 81.4 Å². The van der Waals surface area contributed by atoms with E-state index in [0.29, 0.717) is 5.69 Å². The Balaban J connectivity index is 1.66. The number of non-ortho nitro benzene ring substituents is 1. The molecule has 0 saturated carbocycles. The van der Waals surface area contributed by atoms with Crippen LogP contribution in [0.3, 0.4) is 0 Å². The molecule has 3 aromatic rings. The molecule has 0 heterocycles. The number of hydrogen-bond acceptors (Lipinski definition) is 4. The van der Waals surface area contributed by atoms with E-state index in [2.05, 4.69) is 10.6 Å². The molecule has 0 fully saturated rings. The number of nitro groups is 1. The number of benzene rings is 3. The number of nitrogens with zero attached hydrogens (tertiary/aromatic N) is 1. The van der Waals surface area contributed by atoms with Gasteiger partial charge in [0.2, 0.25) is 5.91 Å². The first kappa shape index (κ1) is 18.8. The minimum absolute atomic E-state index is 0.0657. The van der Waals surface area contributed by atoms with Crippen molar-refractivity contribution in [2.45, 2.75) is 6.42 Å². The van der Waals surface area contributed by atoms with Gasteiger partial charge in [0.1, 0.15) is 0 Å². The van der Waals surface area contributed by atoms with Gasteiger partial charge in [-0.1, -0.05) is 54.1 Å². The number of nitrogens with one attached hydrogen (secondary N) is 2. The number of rotatable bonds is 4. The molecule has 0 atom stereocenters. The number of hydrogen-bond donors (Lipinski definition) is 2. The molecule has 0 aliphatic rings. The Hall–Kier alpha value is -3.03. The monoisotopic (exact) mass is 399 g/mol. The summed E-state index contributed by atoms with van der Waals surface area (Å²) in [5.41, 5.74) is 1.14. The summed E-state index contributed by atoms with van der Waals surface area (Å²) in [7, 11) is 0. The van der Waals surface area contributed by atoms with Crippen LogP contribution < -0.4 is 10.6 Å². The SMILES string of the molecule is O=C(Cc1cccc2ccccc12)NC(=S)Nc1ccc([N+](=O)[O-])cc1Cl. The highest BCUT2D eigenvalue weighted by molar-refractivity contribution is 7.80. The van der Waals surface area contributed by atoms with Crippen molar-refractivity contribution < 1.29 is 9.72 Å². The maximum atomic E-state index is 12.3. The van der Waals surface area contributed by atoms with Crippen LogP contribution in [0.15, 0.2) is 60.7 Å². The minimum atomic E-state index is -0.542. The lowest BCUT2D eigenvalue weighted by Crippen LogP contribution is -2.35. The molecule has 3 aromatic carbocycles. The normalized spacial score (nSPS) is 10.4. The van der Waals surface area contributed by atoms with E-state index in [1.165, 1.54) is 18.2 Å². The summed E-state index contributed by atoms with van der Waals surface area (Å²) in [5, 5.41) is 18.4. The average Bonchev–Trinajstić information content (AvgIpc) is 2.63. The van der Waals surface area contributed by atoms with Crippen LogP contribution in [0.1, 0.15) is 5.56 Å². The summed E-state index contributed by atoms with van der Waals surface area (Å²) in [5.74, 6) is -0.276. The second kappa shape index (κ2) is 8.11. The molecule has 0 aliphatic carbocycles. The van der Waals surface area contributed by atoms with Crippen LogP contribution in [0.4, 0.5) is 11.4 Å². The zero-order chi connectivity index (χ0) is 19.4. The van der Waals surface area contributed by atoms with Gasteiger partial charge in [-0.05, 0) is 34.6 Å². The van der Waals surface area contributed by atoms with Crippen LogP contribution >= 0.6 is 23.8 Å². The molecule has 0 saturated heterocycles. The third-order valence-corrected chi connectivity index (χ3v) is 4.41. The van der Waals surface area contributed by atoms with Crippen molar-refractivity contribution in [1.82, 2.24) is 5.32 Å². The maximum Gasteiger partial charge on any atom is 0.271 e. The molecule has 2 N–H and O–H groups in total. The smallest absolute Gasteiger partial charge is 0.271 e. The van der Waals surface area contributed by atoms with E-state index >= 15 is 0 Å². The zero-order valence-corrected chi connectivity index (χ0v) is 15.5. The van der Waals surface area contributed by atoms with E-state index in [1.54, 1.807) is 0 Å². The predicted molar refractivity (Wildman–Crippen MR) is 110 cm³/mol. The van der Waals surface area contributed by atoms with Crippen LogP contribution in [-0.2, 0) is 11.2 Å². The van der Waals surface area contributed by atoms with Crippen molar-refractivity contribution in [1.29, 1.82) is 0 Å². The molecular weight excluding hydrogens is 386 g/mol. The van der Waals surface area contributed by atoms with E-state index in [-0.39, 0.29) is 28.2 Å². The second-order valence-electron chi connectivity index (χ2n) is 5.74. The lowest BCUT2D eigenvalue weighted by Gasteiger charge is -2.11. The fourth-order valence-corrected chi connectivity index (χ4v) is 3.11. The Kier molecular flexibility index (Phi) is 5.63. The number of fused-ring (bicyclic) bond motifs is 1. The molecule has 0 aliphatic heterocycles. The average molecular weight is 400 g/mol. The van der Waals surface area contributed by atoms with E-state index in [0.717, 1.165) is 16.3 Å². The first-order valence-electron chi connectivity index (χ1n) is 7.95. The highest BCUT2D eigenvalue weighted by Gasteiger charge is 2.12. The first-order chi connectivity index (χ1) is 12.9. The summed E-state index contributed by atoms with van der Waals surface area (Å²) < 4.78 is 0. The molecule has 3 rings (SSSR count). The van der Waals surface area contributed by atoms with Crippen molar-refractivity contribution in [3.63, 3.8) is 0 Å². The highest BCUT2D eigenvalue weighted by Crippen LogP contribution is 2.26. The molecule has 0 radical (unpaired) electrons. The molecular formula is C19H14ClN3O3S. The molecule has 0 bridgehead atoms. The number of anilines is 1. The fourth-order valence-electron chi connectivity index (χ4n) is 2.66. The Morgan fingerprint density at radius 2 is 1.85 bits per heavy atom. The fraction of sp³-hybridized carbons (Fsp3) is 0.0526. The third-order valence-electron chi connectivity index (χ3n) is 3.90. The van der Waals surface area contributed by atoms with Crippen molar-refractivity contribution in [3.8, 4) is 0 Å². The minimum Gasteiger partial charge on any atom is -0.331 e. The Labute approximate surface area is 165 Å². The molecule has 0 spiro atoms. The molecule has 0 unspecified atom stereocenters. The van der Waals surface area contributed by atoms with Crippen LogP contribution in [0.5, 0.6) is 0 Å². The van der Waals surface area contributed by atoms with E-state index in [9.17, 15) is 14.9 Å². The van der Waals surface area contributed by atoms with Gasteiger partial charge in [-0.25, -0.2) is 0 Å². The number of carbonyl (C=O) groups is 1. The quantitative estimate of drug-likeness (QED) is 0.384. The zero-order valence-electron chi connectivity index (χ0n) is 13.9. The van der Waals surface area contributed by atoms with E-state index in [4.69, 9.17) is 23.8 Å². The summed E-state index contributed by atoms with van der Waals surface area (Å²) >= 11 is 11.1. The summed E-state index contributed by atoms with van der Waals surface area (Å²) in [4.78, 5) is 22.5. The standard InChI is InChI=1S/C19H14ClN3O3S/c20-16-11-14(23(25)26)8-9-17(16)21-19(27)22-18(24)10-13-6-3-5-12-4-1-2-7-15(12)13/h1-9,11H,10H2,(H2,21,22,24,27). The predicted octanol–water partition coefficient (Wildman–Crippen LogP) is 4.46. The van der Waals surface area contributed by atoms with Gasteiger partial charge in [-0.2, -0.15) is 0 Å². The van der Waals surface area contributed by atoms with Gasteiger partial charge in [0.05, 0.1) is 22.1 Å². The molecule has 136 valence electrons. The van der Waals surface area contributed by atoms with Crippen molar-refractivity contribution in [2.24, 2.45) is 0 Å². The molecule has 0 aromatic heterocycles. The van der Waals surface area contributed by atoms with E-state index in [1.807, 2.05) is 42.5 Å². The molecule has 8 heteroatoms. The van der Waals surface area contributed by atoms with Gasteiger partial charge in [0, 0.05) is 12.1 Å². The summed E-state index contributed by atoms with van der Waals surface area (Å²) in [6.45, 7) is 0. The third kappa shape index (κ3) is 4.58. The Morgan fingerprint density at radius 1 is 1.11 bits per heavy atom. The van der Waals surface area contributed by atoms with Crippen molar-refractivity contribution in [2.75, 3.05) is 5.32 Å². The maximum absolute atomic E-state index is 12.3. The van der Waals surface area contributed by atoms with Gasteiger partial charge in [-0.3, -0.25) is 14.9 Å². The number of amides is 1. The highest BCUT2D eigenvalue weighted by atomic mass is 35.5. The Bertz CT molecular complexity index is 1050. The molecule has 6 nitrogen and oxygen atoms in total. The van der Waals surface area contributed by atoms with Crippen LogP contribution in [0, 0.1) is 10.1 Å². The van der Waals surface area contributed by atoms with E-state index < -0.39 is 4.92 Å². The topological polar surface area (TPSA) is 84.3 Å². The van der Waals surface area contributed by atoms with Crippen LogP contribution in [-0.4, -0.2) is 15.9 Å². The van der Waals surface area contributed by atoms with Gasteiger partial charge in [-0.15, -0.1) is 0 Å². The molecule has 1 amide bonds. The van der Waals surface area contributed by atoms with Gasteiger partial charge >= 0.3 is 0 Å². The number of halogens is 1. The number of carbonyl (C=O) groups excluding carboxylic acids is 1. The Morgan fingerprint density at radius 3 is 2.59 bits per heavy atom. The largest absolute Gasteiger partial charge is 0.331 e. The van der Waals surface area contributed by atoms with Crippen LogP contribution in [0.2, 0.25) is 5.02 Å². The first-order valence-corrected chi connectivity index (χ1v) is 8.74. The number of thiocarbonyl (C=S) groups is 1. The lowest BCUT2D eigenvalue weighted by molar-refractivity contribution is -0.384. The van der Waals surface area contributed by atoms with Gasteiger partial charge < -0.3 is 10.6 Å². The second-order valence-corrected chi connectivity index (χ2v) is 6.55.